The summed E-state index contributed by atoms with van der Waals surface area (Å²) in [5, 5.41) is 0.724. The SMILES string of the molecule is COCCCN(Cc1cccn1Cc1cccc(Cl)c1)C(=O)C(C)(C)CCl. The number of halogens is 2. The normalized spacial score (nSPS) is 11.6. The van der Waals surface area contributed by atoms with E-state index in [9.17, 15) is 4.79 Å². The van der Waals surface area contributed by atoms with Crippen molar-refractivity contribution in [2.45, 2.75) is 33.4 Å². The van der Waals surface area contributed by atoms with Gasteiger partial charge >= 0.3 is 0 Å². The number of carbonyl (C=O) groups is 1. The maximum absolute atomic E-state index is 13.0. The molecule has 0 aliphatic heterocycles. The molecular weight excluding hydrogens is 383 g/mol. The lowest BCUT2D eigenvalue weighted by Crippen LogP contribution is -2.42. The smallest absolute Gasteiger partial charge is 0.229 e. The van der Waals surface area contributed by atoms with E-state index < -0.39 is 5.41 Å². The summed E-state index contributed by atoms with van der Waals surface area (Å²) in [4.78, 5) is 14.9. The van der Waals surface area contributed by atoms with E-state index in [4.69, 9.17) is 27.9 Å². The average molecular weight is 411 g/mol. The fourth-order valence-corrected chi connectivity index (χ4v) is 3.24. The third-order valence-corrected chi connectivity index (χ3v) is 5.40. The van der Waals surface area contributed by atoms with Crippen LogP contribution < -0.4 is 0 Å². The Labute approximate surface area is 172 Å². The highest BCUT2D eigenvalue weighted by molar-refractivity contribution is 6.30. The van der Waals surface area contributed by atoms with Crippen molar-refractivity contribution >= 4 is 29.1 Å². The maximum atomic E-state index is 13.0. The van der Waals surface area contributed by atoms with Crippen molar-refractivity contribution in [1.29, 1.82) is 0 Å². The zero-order valence-electron chi connectivity index (χ0n) is 16.3. The molecule has 0 fully saturated rings. The molecule has 6 heteroatoms. The zero-order chi connectivity index (χ0) is 19.9. The summed E-state index contributed by atoms with van der Waals surface area (Å²) in [6.45, 7) is 6.27. The summed E-state index contributed by atoms with van der Waals surface area (Å²) >= 11 is 12.1. The first-order valence-corrected chi connectivity index (χ1v) is 10.0. The Morgan fingerprint density at radius 1 is 1.26 bits per heavy atom. The van der Waals surface area contributed by atoms with E-state index in [1.165, 1.54) is 0 Å². The second-order valence-electron chi connectivity index (χ2n) is 7.35. The molecule has 148 valence electrons. The molecule has 0 saturated carbocycles. The lowest BCUT2D eigenvalue weighted by atomic mass is 9.94. The van der Waals surface area contributed by atoms with Crippen molar-refractivity contribution in [2.24, 2.45) is 5.41 Å². The molecular formula is C21H28Cl2N2O2. The van der Waals surface area contributed by atoms with Crippen LogP contribution in [0.5, 0.6) is 0 Å². The van der Waals surface area contributed by atoms with Crippen LogP contribution >= 0.6 is 23.2 Å². The van der Waals surface area contributed by atoms with Gasteiger partial charge in [-0.25, -0.2) is 0 Å². The standard InChI is InChI=1S/C21H28Cl2N2O2/c1-21(2,16-22)20(26)25(11-6-12-27-3)15-19-9-5-10-24(19)14-17-7-4-8-18(23)13-17/h4-5,7-10,13H,6,11-12,14-16H2,1-3H3. The Morgan fingerprint density at radius 2 is 2.04 bits per heavy atom. The van der Waals surface area contributed by atoms with Gasteiger partial charge in [0.25, 0.3) is 0 Å². The molecule has 2 aromatic rings. The summed E-state index contributed by atoms with van der Waals surface area (Å²) in [6.07, 6.45) is 2.82. The predicted octanol–water partition coefficient (Wildman–Crippen LogP) is 4.82. The lowest BCUT2D eigenvalue weighted by molar-refractivity contribution is -0.140. The first kappa shape index (κ1) is 21.8. The van der Waals surface area contributed by atoms with Gasteiger partial charge in [-0.05, 0) is 50.1 Å². The number of aromatic nitrogens is 1. The largest absolute Gasteiger partial charge is 0.385 e. The summed E-state index contributed by atoms with van der Waals surface area (Å²) in [5.74, 6) is 0.347. The molecule has 4 nitrogen and oxygen atoms in total. The van der Waals surface area contributed by atoms with Crippen molar-refractivity contribution in [3.8, 4) is 0 Å². The maximum Gasteiger partial charge on any atom is 0.229 e. The van der Waals surface area contributed by atoms with Crippen LogP contribution in [0.4, 0.5) is 0 Å². The summed E-state index contributed by atoms with van der Waals surface area (Å²) in [6, 6.07) is 11.9. The number of rotatable bonds is 10. The Hall–Kier alpha value is -1.49. The van der Waals surface area contributed by atoms with Crippen molar-refractivity contribution in [1.82, 2.24) is 9.47 Å². The van der Waals surface area contributed by atoms with E-state index in [1.54, 1.807) is 7.11 Å². The van der Waals surface area contributed by atoms with Crippen molar-refractivity contribution in [2.75, 3.05) is 26.1 Å². The molecule has 0 bridgehead atoms. The number of benzene rings is 1. The molecule has 1 aromatic heterocycles. The third kappa shape index (κ3) is 6.27. The van der Waals surface area contributed by atoms with Gasteiger partial charge in [0.2, 0.25) is 5.91 Å². The van der Waals surface area contributed by atoms with Crippen LogP contribution in [0.3, 0.4) is 0 Å². The van der Waals surface area contributed by atoms with Gasteiger partial charge in [0.1, 0.15) is 0 Å². The van der Waals surface area contributed by atoms with Crippen LogP contribution in [0.1, 0.15) is 31.5 Å². The highest BCUT2D eigenvalue weighted by atomic mass is 35.5. The number of carbonyl (C=O) groups excluding carboxylic acids is 1. The number of hydrogen-bond acceptors (Lipinski definition) is 2. The van der Waals surface area contributed by atoms with Crippen molar-refractivity contribution in [3.05, 3.63) is 58.9 Å². The molecule has 0 aliphatic carbocycles. The third-order valence-electron chi connectivity index (χ3n) is 4.50. The molecule has 1 aromatic carbocycles. The van der Waals surface area contributed by atoms with E-state index in [2.05, 4.69) is 10.6 Å². The quantitative estimate of drug-likeness (QED) is 0.415. The molecule has 0 spiro atoms. The second kappa shape index (κ2) is 10.2. The summed E-state index contributed by atoms with van der Waals surface area (Å²) in [5.41, 5.74) is 1.60. The zero-order valence-corrected chi connectivity index (χ0v) is 17.8. The van der Waals surface area contributed by atoms with Crippen molar-refractivity contribution < 1.29 is 9.53 Å². The molecule has 0 atom stereocenters. The van der Waals surface area contributed by atoms with E-state index in [-0.39, 0.29) is 11.8 Å². The van der Waals surface area contributed by atoms with Gasteiger partial charge in [-0.1, -0.05) is 23.7 Å². The molecule has 1 amide bonds. The Bertz CT molecular complexity index is 743. The number of alkyl halides is 1. The van der Waals surface area contributed by atoms with E-state index in [1.807, 2.05) is 55.3 Å². The van der Waals surface area contributed by atoms with Gasteiger partial charge in [0.15, 0.2) is 0 Å². The fraction of sp³-hybridized carbons (Fsp3) is 0.476. The van der Waals surface area contributed by atoms with Gasteiger partial charge < -0.3 is 14.2 Å². The molecule has 0 unspecified atom stereocenters. The molecule has 0 aliphatic rings. The average Bonchev–Trinajstić information content (AvgIpc) is 3.07. The van der Waals surface area contributed by atoms with Gasteiger partial charge in [-0.3, -0.25) is 4.79 Å². The minimum atomic E-state index is -0.598. The minimum absolute atomic E-state index is 0.0594. The van der Waals surface area contributed by atoms with E-state index in [0.29, 0.717) is 26.2 Å². The number of methoxy groups -OCH3 is 1. The second-order valence-corrected chi connectivity index (χ2v) is 8.05. The summed E-state index contributed by atoms with van der Waals surface area (Å²) in [7, 11) is 1.67. The van der Waals surface area contributed by atoms with Gasteiger partial charge in [0, 0.05) is 49.6 Å². The van der Waals surface area contributed by atoms with Gasteiger partial charge in [-0.15, -0.1) is 11.6 Å². The Balaban J connectivity index is 2.17. The first-order valence-electron chi connectivity index (χ1n) is 9.10. The van der Waals surface area contributed by atoms with Crippen LogP contribution in [0.2, 0.25) is 5.02 Å². The summed E-state index contributed by atoms with van der Waals surface area (Å²) < 4.78 is 7.30. The van der Waals surface area contributed by atoms with Crippen LogP contribution in [-0.4, -0.2) is 41.5 Å². The molecule has 0 radical (unpaired) electrons. The molecule has 0 N–H and O–H groups in total. The predicted molar refractivity (Wildman–Crippen MR) is 111 cm³/mol. The fourth-order valence-electron chi connectivity index (χ4n) is 2.91. The van der Waals surface area contributed by atoms with Crippen LogP contribution in [-0.2, 0) is 22.6 Å². The number of ether oxygens (including phenoxy) is 1. The first-order chi connectivity index (χ1) is 12.9. The van der Waals surface area contributed by atoms with Crippen LogP contribution in [0, 0.1) is 5.41 Å². The topological polar surface area (TPSA) is 34.5 Å². The van der Waals surface area contributed by atoms with Crippen LogP contribution in [0.25, 0.3) is 0 Å². The number of amides is 1. The monoisotopic (exact) mass is 410 g/mol. The Morgan fingerprint density at radius 3 is 2.70 bits per heavy atom. The van der Waals surface area contributed by atoms with Gasteiger partial charge in [0.05, 0.1) is 12.0 Å². The number of nitrogens with zero attached hydrogens (tertiary/aromatic N) is 2. The highest BCUT2D eigenvalue weighted by Gasteiger charge is 2.31. The van der Waals surface area contributed by atoms with Gasteiger partial charge in [-0.2, -0.15) is 0 Å². The van der Waals surface area contributed by atoms with Crippen LogP contribution in [0.15, 0.2) is 42.6 Å². The Kier molecular flexibility index (Phi) is 8.21. The highest BCUT2D eigenvalue weighted by Crippen LogP contribution is 2.23. The van der Waals surface area contributed by atoms with E-state index >= 15 is 0 Å². The van der Waals surface area contributed by atoms with E-state index in [0.717, 1.165) is 22.7 Å². The number of hydrogen-bond donors (Lipinski definition) is 0. The lowest BCUT2D eigenvalue weighted by Gasteiger charge is -2.31. The molecule has 1 heterocycles. The molecule has 0 saturated heterocycles. The molecule has 27 heavy (non-hydrogen) atoms. The molecule has 2 rings (SSSR count). The van der Waals surface area contributed by atoms with Crippen molar-refractivity contribution in [3.63, 3.8) is 0 Å². The minimum Gasteiger partial charge on any atom is -0.385 e.